The standard InChI is InChI=1S/C14H24O4/c1-17-14(16)18-13-11-9-7-5-3-2-4-6-8-10-12-15/h7,9,11,13,15H,2-6,8,10,12H2,1H3/b9-7+,13-11+. The molecule has 0 aliphatic rings. The number of hydrogen-bond donors (Lipinski definition) is 1. The molecular formula is C14H24O4. The largest absolute Gasteiger partial charge is 0.512 e. The molecule has 0 atom stereocenters. The quantitative estimate of drug-likeness (QED) is 0.281. The van der Waals surface area contributed by atoms with Crippen LogP contribution in [0.25, 0.3) is 0 Å². The van der Waals surface area contributed by atoms with E-state index < -0.39 is 6.16 Å². The molecule has 1 N–H and O–H groups in total. The molecule has 0 unspecified atom stereocenters. The minimum absolute atomic E-state index is 0.308. The number of aliphatic hydroxyl groups excluding tert-OH is 1. The Kier molecular flexibility index (Phi) is 12.8. The number of carbonyl (C=O) groups is 1. The van der Waals surface area contributed by atoms with Gasteiger partial charge in [0.15, 0.2) is 0 Å². The minimum Gasteiger partial charge on any atom is -0.437 e. The zero-order chi connectivity index (χ0) is 13.5. The van der Waals surface area contributed by atoms with Gasteiger partial charge < -0.3 is 14.6 Å². The van der Waals surface area contributed by atoms with Crippen molar-refractivity contribution in [2.24, 2.45) is 0 Å². The van der Waals surface area contributed by atoms with Gasteiger partial charge in [0, 0.05) is 6.61 Å². The lowest BCUT2D eigenvalue weighted by atomic mass is 10.1. The summed E-state index contributed by atoms with van der Waals surface area (Å²) in [5.74, 6) is 0. The van der Waals surface area contributed by atoms with Crippen LogP contribution in [0.15, 0.2) is 24.5 Å². The Morgan fingerprint density at radius 3 is 2.39 bits per heavy atom. The molecule has 0 aromatic heterocycles. The first kappa shape index (κ1) is 16.7. The molecule has 0 aromatic rings. The number of carbonyl (C=O) groups excluding carboxylic acids is 1. The summed E-state index contributed by atoms with van der Waals surface area (Å²) >= 11 is 0. The summed E-state index contributed by atoms with van der Waals surface area (Å²) in [6.45, 7) is 0.308. The van der Waals surface area contributed by atoms with Crippen molar-refractivity contribution in [1.29, 1.82) is 0 Å². The van der Waals surface area contributed by atoms with Crippen molar-refractivity contribution in [3.8, 4) is 0 Å². The van der Waals surface area contributed by atoms with Gasteiger partial charge in [0.05, 0.1) is 13.4 Å². The molecule has 0 fully saturated rings. The number of hydrogen-bond acceptors (Lipinski definition) is 4. The molecule has 0 amide bonds. The Balaban J connectivity index is 3.25. The van der Waals surface area contributed by atoms with Crippen molar-refractivity contribution >= 4 is 6.16 Å². The van der Waals surface area contributed by atoms with Crippen molar-refractivity contribution in [2.75, 3.05) is 13.7 Å². The van der Waals surface area contributed by atoms with Gasteiger partial charge in [-0.15, -0.1) is 0 Å². The highest BCUT2D eigenvalue weighted by molar-refractivity contribution is 5.60. The average molecular weight is 256 g/mol. The van der Waals surface area contributed by atoms with Crippen LogP contribution in [0.2, 0.25) is 0 Å². The van der Waals surface area contributed by atoms with Gasteiger partial charge in [0.2, 0.25) is 0 Å². The first-order chi connectivity index (χ1) is 8.81. The minimum atomic E-state index is -0.706. The number of aliphatic hydroxyl groups is 1. The third-order valence-corrected chi connectivity index (χ3v) is 2.44. The Bertz CT molecular complexity index is 246. The maximum Gasteiger partial charge on any atom is 0.512 e. The van der Waals surface area contributed by atoms with E-state index in [9.17, 15) is 4.79 Å². The fourth-order valence-corrected chi connectivity index (χ4v) is 1.44. The summed E-state index contributed by atoms with van der Waals surface area (Å²) in [7, 11) is 1.27. The molecule has 0 rings (SSSR count). The molecule has 0 saturated heterocycles. The Morgan fingerprint density at radius 1 is 1.06 bits per heavy atom. The molecule has 0 heterocycles. The van der Waals surface area contributed by atoms with E-state index >= 15 is 0 Å². The van der Waals surface area contributed by atoms with Crippen LogP contribution in [0, 0.1) is 0 Å². The van der Waals surface area contributed by atoms with E-state index in [0.717, 1.165) is 19.3 Å². The van der Waals surface area contributed by atoms with Crippen LogP contribution in [-0.4, -0.2) is 25.0 Å². The predicted molar refractivity (Wildman–Crippen MR) is 71.2 cm³/mol. The fraction of sp³-hybridized carbons (Fsp3) is 0.643. The Morgan fingerprint density at radius 2 is 1.72 bits per heavy atom. The molecule has 0 saturated carbocycles. The van der Waals surface area contributed by atoms with E-state index in [1.54, 1.807) is 6.08 Å². The normalized spacial score (nSPS) is 11.2. The van der Waals surface area contributed by atoms with Gasteiger partial charge in [-0.25, -0.2) is 4.79 Å². The second-order valence-electron chi connectivity index (χ2n) is 3.96. The highest BCUT2D eigenvalue weighted by Crippen LogP contribution is 2.07. The van der Waals surface area contributed by atoms with E-state index in [1.807, 2.05) is 12.2 Å². The second kappa shape index (κ2) is 13.8. The van der Waals surface area contributed by atoms with Gasteiger partial charge in [-0.05, 0) is 25.3 Å². The molecule has 4 nitrogen and oxygen atoms in total. The first-order valence-electron chi connectivity index (χ1n) is 6.48. The number of allylic oxidation sites excluding steroid dienone is 3. The van der Waals surface area contributed by atoms with E-state index in [4.69, 9.17) is 5.11 Å². The van der Waals surface area contributed by atoms with Gasteiger partial charge in [-0.1, -0.05) is 37.8 Å². The van der Waals surface area contributed by atoms with E-state index in [0.29, 0.717) is 6.61 Å². The monoisotopic (exact) mass is 256 g/mol. The van der Waals surface area contributed by atoms with Gasteiger partial charge in [-0.3, -0.25) is 0 Å². The number of methoxy groups -OCH3 is 1. The number of ether oxygens (including phenoxy) is 2. The molecule has 4 heteroatoms. The van der Waals surface area contributed by atoms with Crippen LogP contribution in [0.4, 0.5) is 4.79 Å². The van der Waals surface area contributed by atoms with Gasteiger partial charge >= 0.3 is 6.16 Å². The van der Waals surface area contributed by atoms with Crippen molar-refractivity contribution in [3.05, 3.63) is 24.5 Å². The summed E-state index contributed by atoms with van der Waals surface area (Å²) in [6.07, 6.45) is 14.1. The lowest BCUT2D eigenvalue weighted by Crippen LogP contribution is -1.97. The molecule has 0 bridgehead atoms. The SMILES string of the molecule is COC(=O)O/C=C/C=C/CCCCCCCCO. The average Bonchev–Trinajstić information content (AvgIpc) is 2.39. The highest BCUT2D eigenvalue weighted by Gasteiger charge is 1.93. The maximum absolute atomic E-state index is 10.6. The van der Waals surface area contributed by atoms with Crippen LogP contribution < -0.4 is 0 Å². The summed E-state index contributed by atoms with van der Waals surface area (Å²) in [5.41, 5.74) is 0. The lowest BCUT2D eigenvalue weighted by Gasteiger charge is -1.98. The molecule has 104 valence electrons. The van der Waals surface area contributed by atoms with E-state index in [1.165, 1.54) is 39.1 Å². The molecule has 0 aromatic carbocycles. The van der Waals surface area contributed by atoms with E-state index in [2.05, 4.69) is 9.47 Å². The van der Waals surface area contributed by atoms with Crippen molar-refractivity contribution < 1.29 is 19.4 Å². The van der Waals surface area contributed by atoms with Crippen molar-refractivity contribution in [1.82, 2.24) is 0 Å². The maximum atomic E-state index is 10.6. The van der Waals surface area contributed by atoms with Crippen LogP contribution in [-0.2, 0) is 9.47 Å². The van der Waals surface area contributed by atoms with Crippen LogP contribution >= 0.6 is 0 Å². The Hall–Kier alpha value is -1.29. The summed E-state index contributed by atoms with van der Waals surface area (Å²) < 4.78 is 8.86. The first-order valence-corrected chi connectivity index (χ1v) is 6.48. The number of rotatable bonds is 10. The molecule has 18 heavy (non-hydrogen) atoms. The molecule has 0 aliphatic heterocycles. The van der Waals surface area contributed by atoms with Gasteiger partial charge in [-0.2, -0.15) is 0 Å². The molecule has 0 aliphatic carbocycles. The molecule has 0 spiro atoms. The smallest absolute Gasteiger partial charge is 0.437 e. The summed E-state index contributed by atoms with van der Waals surface area (Å²) in [4.78, 5) is 10.6. The summed E-state index contributed by atoms with van der Waals surface area (Å²) in [5, 5.41) is 8.61. The van der Waals surface area contributed by atoms with Crippen LogP contribution in [0.5, 0.6) is 0 Å². The Labute approximate surface area is 109 Å². The third kappa shape index (κ3) is 12.8. The number of unbranched alkanes of at least 4 members (excludes halogenated alkanes) is 6. The lowest BCUT2D eigenvalue weighted by molar-refractivity contribution is 0.106. The zero-order valence-corrected chi connectivity index (χ0v) is 11.1. The topological polar surface area (TPSA) is 55.8 Å². The predicted octanol–water partition coefficient (Wildman–Crippen LogP) is 3.56. The highest BCUT2D eigenvalue weighted by atomic mass is 16.7. The third-order valence-electron chi connectivity index (χ3n) is 2.44. The molecular weight excluding hydrogens is 232 g/mol. The van der Waals surface area contributed by atoms with Crippen LogP contribution in [0.1, 0.15) is 44.9 Å². The van der Waals surface area contributed by atoms with Gasteiger partial charge in [0.25, 0.3) is 0 Å². The summed E-state index contributed by atoms with van der Waals surface area (Å²) in [6, 6.07) is 0. The van der Waals surface area contributed by atoms with E-state index in [-0.39, 0.29) is 0 Å². The van der Waals surface area contributed by atoms with Crippen molar-refractivity contribution in [2.45, 2.75) is 44.9 Å². The van der Waals surface area contributed by atoms with Crippen LogP contribution in [0.3, 0.4) is 0 Å². The zero-order valence-electron chi connectivity index (χ0n) is 11.1. The molecule has 0 radical (unpaired) electrons. The second-order valence-corrected chi connectivity index (χ2v) is 3.96. The van der Waals surface area contributed by atoms with Crippen molar-refractivity contribution in [3.63, 3.8) is 0 Å². The fourth-order valence-electron chi connectivity index (χ4n) is 1.44. The van der Waals surface area contributed by atoms with Gasteiger partial charge in [0.1, 0.15) is 0 Å².